The maximum Gasteiger partial charge on any atom is 0.221 e. The molecule has 0 aliphatic heterocycles. The lowest BCUT2D eigenvalue weighted by atomic mass is 9.99. The van der Waals surface area contributed by atoms with Crippen LogP contribution in [-0.2, 0) is 11.2 Å². The number of H-pyrrole nitrogens is 1. The van der Waals surface area contributed by atoms with Crippen LogP contribution in [-0.4, -0.2) is 26.7 Å². The minimum Gasteiger partial charge on any atom is -0.384 e. The molecule has 0 saturated carbocycles. The highest BCUT2D eigenvalue weighted by atomic mass is 32.1. The molecule has 176 valence electrons. The van der Waals surface area contributed by atoms with Gasteiger partial charge in [0.2, 0.25) is 5.91 Å². The van der Waals surface area contributed by atoms with E-state index in [1.54, 1.807) is 11.3 Å². The zero-order valence-corrected chi connectivity index (χ0v) is 20.2. The Morgan fingerprint density at radius 3 is 2.63 bits per heavy atom. The summed E-state index contributed by atoms with van der Waals surface area (Å²) in [5, 5.41) is 11.6. The zero-order valence-electron chi connectivity index (χ0n) is 19.3. The van der Waals surface area contributed by atoms with Crippen molar-refractivity contribution in [3.8, 4) is 0 Å². The van der Waals surface area contributed by atoms with E-state index in [1.165, 1.54) is 12.5 Å². The lowest BCUT2D eigenvalue weighted by molar-refractivity contribution is -0.114. The number of benzene rings is 3. The van der Waals surface area contributed by atoms with Gasteiger partial charge in [-0.3, -0.25) is 10.2 Å². The smallest absolute Gasteiger partial charge is 0.221 e. The number of imidazole rings is 1. The van der Waals surface area contributed by atoms with E-state index < -0.39 is 0 Å². The molecule has 0 saturated heterocycles. The third-order valence-corrected chi connectivity index (χ3v) is 7.12. The van der Waals surface area contributed by atoms with Gasteiger partial charge in [-0.05, 0) is 67.3 Å². The van der Waals surface area contributed by atoms with Gasteiger partial charge in [-0.25, -0.2) is 9.97 Å². The summed E-state index contributed by atoms with van der Waals surface area (Å²) >= 11 is 1.63. The van der Waals surface area contributed by atoms with Gasteiger partial charge < -0.3 is 16.0 Å². The molecule has 1 atom stereocenters. The molecule has 1 unspecified atom stereocenters. The lowest BCUT2D eigenvalue weighted by Crippen LogP contribution is -2.10. The summed E-state index contributed by atoms with van der Waals surface area (Å²) in [4.78, 5) is 24.6. The monoisotopic (exact) mass is 482 g/mol. The van der Waals surface area contributed by atoms with Gasteiger partial charge in [0.15, 0.2) is 0 Å². The first-order valence-corrected chi connectivity index (χ1v) is 12.3. The van der Waals surface area contributed by atoms with E-state index in [0.717, 1.165) is 57.0 Å². The van der Waals surface area contributed by atoms with E-state index in [-0.39, 0.29) is 17.7 Å². The molecule has 0 radical (unpaired) electrons. The van der Waals surface area contributed by atoms with Crippen LogP contribution in [0.1, 0.15) is 47.6 Å². The van der Waals surface area contributed by atoms with E-state index in [0.29, 0.717) is 5.56 Å². The van der Waals surface area contributed by atoms with Gasteiger partial charge in [0, 0.05) is 18.2 Å². The molecular formula is C27H26N6OS. The highest BCUT2D eigenvalue weighted by Gasteiger charge is 2.22. The number of thiazole rings is 1. The van der Waals surface area contributed by atoms with Crippen LogP contribution in [0.4, 0.5) is 5.69 Å². The minimum atomic E-state index is -0.0716. The number of hydrogen-bond acceptors (Lipinski definition) is 5. The van der Waals surface area contributed by atoms with Crippen LogP contribution >= 0.6 is 11.3 Å². The zero-order chi connectivity index (χ0) is 24.4. The van der Waals surface area contributed by atoms with Crippen molar-refractivity contribution in [2.24, 2.45) is 5.73 Å². The second kappa shape index (κ2) is 9.68. The van der Waals surface area contributed by atoms with Crippen molar-refractivity contribution in [1.29, 1.82) is 5.41 Å². The molecule has 7 nitrogen and oxygen atoms in total. The molecule has 2 aromatic heterocycles. The largest absolute Gasteiger partial charge is 0.384 e. The van der Waals surface area contributed by atoms with Gasteiger partial charge in [-0.15, -0.1) is 11.3 Å². The number of aryl methyl sites for hydroxylation is 1. The molecule has 0 aliphatic carbocycles. The Bertz CT molecular complexity index is 1490. The highest BCUT2D eigenvalue weighted by molar-refractivity contribution is 7.18. The number of carbonyl (C=O) groups is 1. The molecule has 0 spiro atoms. The number of aromatic nitrogens is 3. The number of para-hydroxylation sites is 2. The first-order valence-electron chi connectivity index (χ1n) is 11.5. The summed E-state index contributed by atoms with van der Waals surface area (Å²) in [6.45, 7) is 1.51. The summed E-state index contributed by atoms with van der Waals surface area (Å²) in [7, 11) is 0. The fourth-order valence-electron chi connectivity index (χ4n) is 4.24. The van der Waals surface area contributed by atoms with E-state index in [2.05, 4.69) is 22.4 Å². The fraction of sp³-hybridized carbons (Fsp3) is 0.185. The van der Waals surface area contributed by atoms with Crippen LogP contribution in [0.3, 0.4) is 0 Å². The van der Waals surface area contributed by atoms with Gasteiger partial charge in [0.1, 0.15) is 16.7 Å². The normalized spacial score (nSPS) is 12.1. The number of nitrogen functional groups attached to an aromatic ring is 1. The number of fused-ring (bicyclic) bond motifs is 2. The van der Waals surface area contributed by atoms with Crippen molar-refractivity contribution in [3.05, 3.63) is 88.7 Å². The number of nitrogens with two attached hydrogens (primary N) is 1. The van der Waals surface area contributed by atoms with E-state index >= 15 is 0 Å². The maximum atomic E-state index is 11.3. The summed E-state index contributed by atoms with van der Waals surface area (Å²) in [5.41, 5.74) is 11.3. The SMILES string of the molecule is CC(=O)Nc1ccc(CCCC(c2nc3ccccc3[nH]2)c2nc3ccc(C(=N)N)cc3s2)cc1. The Morgan fingerprint density at radius 2 is 1.89 bits per heavy atom. The first-order chi connectivity index (χ1) is 17.0. The van der Waals surface area contributed by atoms with Crippen LogP contribution in [0.25, 0.3) is 21.3 Å². The Balaban J connectivity index is 1.41. The second-order valence-electron chi connectivity index (χ2n) is 8.61. The molecule has 5 rings (SSSR count). The number of nitrogens with one attached hydrogen (secondary N) is 3. The predicted octanol–water partition coefficient (Wildman–Crippen LogP) is 5.57. The summed E-state index contributed by atoms with van der Waals surface area (Å²) < 4.78 is 1.02. The molecule has 5 aromatic rings. The van der Waals surface area contributed by atoms with Crippen LogP contribution in [0.15, 0.2) is 66.7 Å². The topological polar surface area (TPSA) is 121 Å². The summed E-state index contributed by atoms with van der Waals surface area (Å²) in [6, 6.07) is 21.8. The Kier molecular flexibility index (Phi) is 6.29. The average molecular weight is 483 g/mol. The van der Waals surface area contributed by atoms with E-state index in [1.807, 2.05) is 54.6 Å². The van der Waals surface area contributed by atoms with Gasteiger partial charge >= 0.3 is 0 Å². The Morgan fingerprint density at radius 1 is 1.09 bits per heavy atom. The standard InChI is InChI=1S/C27H26N6OS/c1-16(34)30-19-12-9-17(10-13-19)5-4-6-20(26-31-21-7-2-3-8-22(21)32-26)27-33-23-14-11-18(25(28)29)15-24(23)35-27/h2-3,7-15,20H,4-6H2,1H3,(H3,28,29)(H,30,34)(H,31,32). The number of aromatic amines is 1. The fourth-order valence-corrected chi connectivity index (χ4v) is 5.39. The molecule has 8 heteroatoms. The molecule has 3 aromatic carbocycles. The molecule has 2 heterocycles. The Labute approximate surface area is 206 Å². The molecule has 1 amide bonds. The third kappa shape index (κ3) is 5.07. The van der Waals surface area contributed by atoms with Gasteiger partial charge in [0.25, 0.3) is 0 Å². The maximum absolute atomic E-state index is 11.3. The van der Waals surface area contributed by atoms with E-state index in [9.17, 15) is 4.79 Å². The van der Waals surface area contributed by atoms with Crippen molar-refractivity contribution < 1.29 is 4.79 Å². The quantitative estimate of drug-likeness (QED) is 0.171. The summed E-state index contributed by atoms with van der Waals surface area (Å²) in [5.74, 6) is 0.926. The number of nitrogens with zero attached hydrogens (tertiary/aromatic N) is 2. The third-order valence-electron chi connectivity index (χ3n) is 5.98. The van der Waals surface area contributed by atoms with Crippen LogP contribution < -0.4 is 11.1 Å². The van der Waals surface area contributed by atoms with Crippen molar-refractivity contribution in [2.45, 2.75) is 32.1 Å². The van der Waals surface area contributed by atoms with Crippen molar-refractivity contribution in [3.63, 3.8) is 0 Å². The highest BCUT2D eigenvalue weighted by Crippen LogP contribution is 2.35. The molecule has 0 bridgehead atoms. The van der Waals surface area contributed by atoms with Crippen LogP contribution in [0.5, 0.6) is 0 Å². The van der Waals surface area contributed by atoms with Crippen molar-refractivity contribution in [2.75, 3.05) is 5.32 Å². The predicted molar refractivity (Wildman–Crippen MR) is 142 cm³/mol. The van der Waals surface area contributed by atoms with Crippen LogP contribution in [0.2, 0.25) is 0 Å². The number of amidine groups is 1. The number of carbonyl (C=O) groups excluding carboxylic acids is 1. The molecule has 0 fully saturated rings. The minimum absolute atomic E-state index is 0.0271. The molecular weight excluding hydrogens is 456 g/mol. The van der Waals surface area contributed by atoms with Gasteiger partial charge in [0.05, 0.1) is 27.2 Å². The number of rotatable bonds is 8. The molecule has 0 aliphatic rings. The second-order valence-corrected chi connectivity index (χ2v) is 9.67. The van der Waals surface area contributed by atoms with E-state index in [4.69, 9.17) is 21.1 Å². The Hall–Kier alpha value is -4.04. The van der Waals surface area contributed by atoms with Crippen molar-refractivity contribution >= 4 is 50.0 Å². The summed E-state index contributed by atoms with van der Waals surface area (Å²) in [6.07, 6.45) is 2.75. The van der Waals surface area contributed by atoms with Gasteiger partial charge in [-0.1, -0.05) is 24.3 Å². The van der Waals surface area contributed by atoms with Crippen molar-refractivity contribution in [1.82, 2.24) is 15.0 Å². The van der Waals surface area contributed by atoms with Gasteiger partial charge in [-0.2, -0.15) is 0 Å². The number of amides is 1. The average Bonchev–Trinajstić information content (AvgIpc) is 3.46. The first kappa shape index (κ1) is 22.7. The van der Waals surface area contributed by atoms with Crippen LogP contribution in [0, 0.1) is 5.41 Å². The molecule has 35 heavy (non-hydrogen) atoms. The molecule has 5 N–H and O–H groups in total. The number of anilines is 1. The number of hydrogen-bond donors (Lipinski definition) is 4. The lowest BCUT2D eigenvalue weighted by Gasteiger charge is -2.12.